The maximum Gasteiger partial charge on any atom is 0.410 e. The van der Waals surface area contributed by atoms with E-state index in [-0.39, 0.29) is 171 Å². The van der Waals surface area contributed by atoms with Crippen LogP contribution in [0.25, 0.3) is 0 Å². The van der Waals surface area contributed by atoms with Gasteiger partial charge in [-0.15, -0.1) is 13.2 Å². The lowest BCUT2D eigenvalue weighted by Gasteiger charge is -2.26. The lowest BCUT2D eigenvalue weighted by atomic mass is 10.1. The lowest BCUT2D eigenvalue weighted by molar-refractivity contribution is -0.140. The van der Waals surface area contributed by atoms with E-state index in [9.17, 15) is 64.0 Å². The molecule has 33 heteroatoms. The zero-order valence-electron chi connectivity index (χ0n) is 53.9. The quantitative estimate of drug-likeness (QED) is 0.0494. The molecule has 0 aromatic heterocycles. The van der Waals surface area contributed by atoms with Gasteiger partial charge in [-0.1, -0.05) is 60.7 Å². The molecule has 7 amide bonds. The Labute approximate surface area is 569 Å². The van der Waals surface area contributed by atoms with E-state index in [0.29, 0.717) is 22.3 Å². The first-order chi connectivity index (χ1) is 47.4. The van der Waals surface area contributed by atoms with Crippen molar-refractivity contribution in [3.05, 3.63) is 144 Å². The largest absolute Gasteiger partial charge is 0.481 e. The van der Waals surface area contributed by atoms with Crippen molar-refractivity contribution in [1.82, 2.24) is 40.1 Å². The maximum atomic E-state index is 14.3. The van der Waals surface area contributed by atoms with Gasteiger partial charge in [0.25, 0.3) is 31.9 Å². The number of hydrogen-bond acceptors (Lipinski definition) is 21. The molecule has 2 saturated carbocycles. The van der Waals surface area contributed by atoms with Gasteiger partial charge in [0.05, 0.1) is 103 Å². The van der Waals surface area contributed by atoms with E-state index in [0.717, 1.165) is 0 Å². The molecule has 4 aromatic carbocycles. The Morgan fingerprint density at radius 1 is 0.747 bits per heavy atom. The second-order valence-corrected chi connectivity index (χ2v) is 27.8. The summed E-state index contributed by atoms with van der Waals surface area (Å²) in [4.78, 5) is 108. The standard InChI is InChI=1S/C33H40FN5O10S.C33H38FN5O9S/c1-2-22-17-33(22,37-30(42)27-16-23(18-36-27)49-32(44)39-19-21-6-5-7-25(34)24(21)20-39)31(43)38-50(45,46)28-9-4-3-8-26(28)35-11-13-48-15-14-47-12-10-29(40)41;1-2-22-17-33(22)31(42)37-49(44,45)28-9-4-3-8-26(28)35-11-13-47-15-14-46-12-10-29(40)39-19-23(16-27(39)30(41)36-33)48-32(43)38-18-21-6-5-7-25(34)24(21)20-38/h2-9,22-23,27,35-36H,1,10-20H2,(H,37,42)(H,38,43)(H,40,41);2-9,22-23,27,35H,1,10-20H2,(H,36,41)(H,37,42)/t2*22-,23-,27+,33-/m11/s1. The minimum atomic E-state index is -4.40. The van der Waals surface area contributed by atoms with E-state index in [1.54, 1.807) is 42.5 Å². The molecule has 8 atom stereocenters. The third-order valence-electron chi connectivity index (χ3n) is 17.9. The second-order valence-electron chi connectivity index (χ2n) is 24.5. The van der Waals surface area contributed by atoms with Crippen LogP contribution < -0.4 is 36.0 Å². The third-order valence-corrected chi connectivity index (χ3v) is 20.7. The van der Waals surface area contributed by atoms with Gasteiger partial charge < -0.3 is 65.0 Å². The summed E-state index contributed by atoms with van der Waals surface area (Å²) in [5.41, 5.74) is -0.489. The number of halogens is 2. The van der Waals surface area contributed by atoms with Crippen LogP contribution in [0.4, 0.5) is 29.7 Å². The summed E-state index contributed by atoms with van der Waals surface area (Å²) in [6.07, 6.45) is 0.0921. The van der Waals surface area contributed by atoms with Crippen LogP contribution in [-0.4, -0.2) is 199 Å². The molecule has 29 nitrogen and oxygen atoms in total. The van der Waals surface area contributed by atoms with Crippen molar-refractivity contribution >= 4 is 79.1 Å². The fourth-order valence-electron chi connectivity index (χ4n) is 12.4. The average molecular weight is 1420 g/mol. The van der Waals surface area contributed by atoms with Crippen molar-refractivity contribution < 1.29 is 97.5 Å². The number of para-hydroxylation sites is 2. The Kier molecular flexibility index (Phi) is 23.3. The smallest absolute Gasteiger partial charge is 0.410 e. The normalized spacial score (nSPS) is 24.9. The summed E-state index contributed by atoms with van der Waals surface area (Å²) in [6, 6.07) is 19.4. The van der Waals surface area contributed by atoms with Gasteiger partial charge in [-0.2, -0.15) is 0 Å². The molecule has 0 radical (unpaired) electrons. The maximum absolute atomic E-state index is 14.3. The Bertz CT molecular complexity index is 3990. The number of ether oxygens (including phenoxy) is 6. The number of carboxylic acids is 1. The highest BCUT2D eigenvalue weighted by molar-refractivity contribution is 7.90. The Morgan fingerprint density at radius 2 is 1.38 bits per heavy atom. The van der Waals surface area contributed by atoms with E-state index in [1.165, 1.54) is 69.3 Å². The number of nitrogens with zero attached hydrogens (tertiary/aromatic N) is 3. The van der Waals surface area contributed by atoms with Crippen LogP contribution in [0.2, 0.25) is 0 Å². The lowest BCUT2D eigenvalue weighted by Crippen LogP contribution is -2.56. The number of carboxylic acid groups (broad SMARTS) is 1. The number of rotatable bonds is 19. The minimum Gasteiger partial charge on any atom is -0.481 e. The van der Waals surface area contributed by atoms with Gasteiger partial charge in [-0.25, -0.2) is 44.6 Å². The van der Waals surface area contributed by atoms with Gasteiger partial charge in [-0.05, 0) is 60.4 Å². The number of sulfonamides is 2. The molecule has 4 aromatic rings. The van der Waals surface area contributed by atoms with Crippen LogP contribution in [0.1, 0.15) is 60.8 Å². The van der Waals surface area contributed by atoms with Gasteiger partial charge in [0.2, 0.25) is 17.7 Å². The highest BCUT2D eigenvalue weighted by Crippen LogP contribution is 2.47. The van der Waals surface area contributed by atoms with E-state index in [4.69, 9.17) is 33.5 Å². The number of carbonyl (C=O) groups is 8. The van der Waals surface area contributed by atoms with E-state index < -0.39 is 121 Å². The van der Waals surface area contributed by atoms with Crippen molar-refractivity contribution in [1.29, 1.82) is 0 Å². The summed E-state index contributed by atoms with van der Waals surface area (Å²) < 4.78 is 119. The first kappa shape index (κ1) is 72.6. The van der Waals surface area contributed by atoms with Crippen LogP contribution in [0.3, 0.4) is 0 Å². The number of benzene rings is 4. The molecule has 1 spiro atoms. The molecule has 0 bridgehead atoms. The zero-order chi connectivity index (χ0) is 70.7. The van der Waals surface area contributed by atoms with Gasteiger partial charge in [0.1, 0.15) is 50.8 Å². The molecule has 99 heavy (non-hydrogen) atoms. The number of carbonyl (C=O) groups excluding carboxylic acids is 7. The van der Waals surface area contributed by atoms with Crippen LogP contribution >= 0.6 is 0 Å². The molecular weight excluding hydrogens is 1340 g/mol. The monoisotopic (exact) mass is 1420 g/mol. The molecule has 11 rings (SSSR count). The Hall–Kier alpha value is -9.12. The number of hydrogen-bond donors (Lipinski definition) is 8. The van der Waals surface area contributed by atoms with E-state index in [2.05, 4.69) is 49.2 Å². The molecule has 4 fully saturated rings. The van der Waals surface area contributed by atoms with Crippen LogP contribution in [0.5, 0.6) is 0 Å². The fraction of sp³-hybridized carbons (Fsp3) is 0.455. The average Bonchev–Trinajstić information content (AvgIpc) is 1.58. The molecule has 5 aliphatic heterocycles. The summed E-state index contributed by atoms with van der Waals surface area (Å²) in [7, 11) is -8.79. The van der Waals surface area contributed by atoms with Crippen molar-refractivity contribution in [2.75, 3.05) is 89.7 Å². The van der Waals surface area contributed by atoms with Crippen molar-refractivity contribution in [2.45, 2.75) is 110 Å². The summed E-state index contributed by atoms with van der Waals surface area (Å²) in [5.74, 6) is -6.47. The van der Waals surface area contributed by atoms with Gasteiger partial charge in [0, 0.05) is 68.5 Å². The van der Waals surface area contributed by atoms with Crippen LogP contribution in [0.15, 0.2) is 120 Å². The van der Waals surface area contributed by atoms with E-state index in [1.807, 2.05) is 0 Å². The molecule has 7 aliphatic rings. The highest BCUT2D eigenvalue weighted by Gasteiger charge is 2.63. The summed E-state index contributed by atoms with van der Waals surface area (Å²) in [6.45, 7) is 9.84. The molecule has 0 unspecified atom stereocenters. The Morgan fingerprint density at radius 3 is 2.03 bits per heavy atom. The SMILES string of the molecule is C=C[C@@H]1C[C@@]12NC(=O)[C@@H]1C[C@@H](OC(=O)N3Cc4cccc(F)c4C3)CN1C(=O)CCOCCOCCNc1ccccc1S(=O)(=O)NC2=O.C=C[C@@H]1C[C@]1(NC(=O)[C@@H]1C[C@@H](OC(=O)N2Cc3cccc(F)c3C2)CN1)C(=O)NS(=O)(=O)c1ccccc1NCCOCCOCCC(=O)O. The number of amides is 7. The van der Waals surface area contributed by atoms with Crippen molar-refractivity contribution in [2.24, 2.45) is 11.8 Å². The fourth-order valence-corrected chi connectivity index (χ4v) is 14.8. The molecule has 2 saturated heterocycles. The van der Waals surface area contributed by atoms with Gasteiger partial charge in [0.15, 0.2) is 0 Å². The molecule has 5 heterocycles. The third kappa shape index (κ3) is 17.5. The van der Waals surface area contributed by atoms with Gasteiger partial charge >= 0.3 is 18.2 Å². The predicted molar refractivity (Wildman–Crippen MR) is 347 cm³/mol. The van der Waals surface area contributed by atoms with Crippen LogP contribution in [-0.2, 0) is 103 Å². The van der Waals surface area contributed by atoms with Crippen molar-refractivity contribution in [3.63, 3.8) is 0 Å². The number of anilines is 2. The number of fused-ring (bicyclic) bond motifs is 4. The number of nitrogens with one attached hydrogen (secondary N) is 7. The van der Waals surface area contributed by atoms with Gasteiger partial charge in [-0.3, -0.25) is 38.6 Å². The summed E-state index contributed by atoms with van der Waals surface area (Å²) >= 11 is 0. The van der Waals surface area contributed by atoms with Crippen LogP contribution in [0, 0.1) is 23.5 Å². The number of aliphatic carboxylic acids is 1. The first-order valence-electron chi connectivity index (χ1n) is 32.1. The minimum absolute atomic E-state index is 0.0190. The molecular formula is C66H78F2N10O19S2. The molecule has 532 valence electrons. The topological polar surface area (TPSA) is 374 Å². The Balaban J connectivity index is 0.000000214. The molecule has 2 aliphatic carbocycles. The van der Waals surface area contributed by atoms with Crippen molar-refractivity contribution in [3.8, 4) is 0 Å². The van der Waals surface area contributed by atoms with E-state index >= 15 is 0 Å². The highest BCUT2D eigenvalue weighted by atomic mass is 32.2. The summed E-state index contributed by atoms with van der Waals surface area (Å²) in [5, 5.41) is 23.0. The predicted octanol–water partition coefficient (Wildman–Crippen LogP) is 3.16. The second kappa shape index (κ2) is 31.8. The zero-order valence-corrected chi connectivity index (χ0v) is 55.5. The molecule has 8 N–H and O–H groups in total. The first-order valence-corrected chi connectivity index (χ1v) is 35.1.